The second-order valence-corrected chi connectivity index (χ2v) is 7.82. The number of rotatable bonds is 5. The van der Waals surface area contributed by atoms with E-state index in [2.05, 4.69) is 20.9 Å². The summed E-state index contributed by atoms with van der Waals surface area (Å²) in [7, 11) is 0. The topological polar surface area (TPSA) is 118 Å². The third-order valence-corrected chi connectivity index (χ3v) is 5.79. The van der Waals surface area contributed by atoms with Gasteiger partial charge in [0.05, 0.1) is 24.6 Å². The number of hydrogen-bond donors (Lipinski definition) is 2. The molecule has 1 aromatic carbocycles. The van der Waals surface area contributed by atoms with E-state index < -0.39 is 11.9 Å². The van der Waals surface area contributed by atoms with Gasteiger partial charge in [-0.1, -0.05) is 5.21 Å². The zero-order valence-electron chi connectivity index (χ0n) is 16.3. The number of piperidine rings is 1. The van der Waals surface area contributed by atoms with E-state index in [-0.39, 0.29) is 24.3 Å². The van der Waals surface area contributed by atoms with Gasteiger partial charge in [-0.2, -0.15) is 0 Å². The summed E-state index contributed by atoms with van der Waals surface area (Å²) in [4.78, 5) is 37.9. The van der Waals surface area contributed by atoms with Crippen LogP contribution in [0.2, 0.25) is 0 Å². The number of nitrogens with one attached hydrogen (secondary N) is 2. The highest BCUT2D eigenvalue weighted by Crippen LogP contribution is 2.29. The van der Waals surface area contributed by atoms with Crippen LogP contribution in [0.4, 0.5) is 0 Å². The number of fused-ring (bicyclic) bond motifs is 1. The molecule has 2 fully saturated rings. The van der Waals surface area contributed by atoms with E-state index in [1.54, 1.807) is 10.7 Å². The Morgan fingerprint density at radius 1 is 1.20 bits per heavy atom. The van der Waals surface area contributed by atoms with Crippen LogP contribution in [-0.2, 0) is 27.5 Å². The van der Waals surface area contributed by atoms with Gasteiger partial charge >= 0.3 is 0 Å². The summed E-state index contributed by atoms with van der Waals surface area (Å²) in [6.45, 7) is 2.56. The quantitative estimate of drug-likeness (QED) is 0.661. The average molecular weight is 410 g/mol. The fourth-order valence-electron chi connectivity index (χ4n) is 4.17. The molecule has 3 aliphatic heterocycles. The van der Waals surface area contributed by atoms with Gasteiger partial charge in [0.15, 0.2) is 0 Å². The van der Waals surface area contributed by atoms with Crippen molar-refractivity contribution in [3.63, 3.8) is 0 Å². The van der Waals surface area contributed by atoms with Crippen LogP contribution in [0.25, 0.3) is 5.69 Å². The van der Waals surface area contributed by atoms with Crippen molar-refractivity contribution in [2.24, 2.45) is 0 Å². The van der Waals surface area contributed by atoms with Gasteiger partial charge in [0, 0.05) is 25.1 Å². The van der Waals surface area contributed by atoms with Crippen LogP contribution in [0.1, 0.15) is 40.9 Å². The summed E-state index contributed by atoms with van der Waals surface area (Å²) < 4.78 is 7.49. The molecule has 0 bridgehead atoms. The first-order valence-corrected chi connectivity index (χ1v) is 10.1. The summed E-state index contributed by atoms with van der Waals surface area (Å²) >= 11 is 0. The van der Waals surface area contributed by atoms with Crippen molar-refractivity contribution in [2.45, 2.75) is 44.6 Å². The molecule has 2 aromatic rings. The number of benzene rings is 1. The first-order chi connectivity index (χ1) is 14.6. The van der Waals surface area contributed by atoms with Gasteiger partial charge in [0.25, 0.3) is 5.91 Å². The first-order valence-electron chi connectivity index (χ1n) is 10.1. The van der Waals surface area contributed by atoms with Gasteiger partial charge in [-0.15, -0.1) is 5.10 Å². The average Bonchev–Trinajstić information content (AvgIpc) is 3.47. The highest BCUT2D eigenvalue weighted by molar-refractivity contribution is 6.05. The zero-order chi connectivity index (χ0) is 20.7. The van der Waals surface area contributed by atoms with E-state index >= 15 is 0 Å². The number of nitrogens with zero attached hydrogens (tertiary/aromatic N) is 4. The number of hydrogen-bond acceptors (Lipinski definition) is 7. The van der Waals surface area contributed by atoms with E-state index in [1.165, 1.54) is 4.90 Å². The molecule has 0 spiro atoms. The maximum absolute atomic E-state index is 12.8. The van der Waals surface area contributed by atoms with Crippen LogP contribution >= 0.6 is 0 Å². The Hall–Kier alpha value is -3.11. The summed E-state index contributed by atoms with van der Waals surface area (Å²) in [6.07, 6.45) is 3.61. The highest BCUT2D eigenvalue weighted by Gasteiger charge is 2.39. The number of aromatic nitrogens is 3. The highest BCUT2D eigenvalue weighted by atomic mass is 16.5. The molecule has 3 amide bonds. The Morgan fingerprint density at radius 3 is 2.90 bits per heavy atom. The lowest BCUT2D eigenvalue weighted by molar-refractivity contribution is -0.136. The minimum Gasteiger partial charge on any atom is -0.370 e. The molecular formula is C20H22N6O4. The smallest absolute Gasteiger partial charge is 0.255 e. The fraction of sp³-hybridized carbons (Fsp3) is 0.450. The minimum atomic E-state index is -0.619. The Morgan fingerprint density at radius 2 is 2.10 bits per heavy atom. The summed E-state index contributed by atoms with van der Waals surface area (Å²) in [5.74, 6) is -0.896. The SMILES string of the molecule is O=C1CCC(N2Cc3cc(-n4cc(CO[C@@H]5CCNC5)nn4)ccc3C2=O)C(=O)N1. The normalized spacial score (nSPS) is 23.7. The van der Waals surface area contributed by atoms with Gasteiger partial charge in [-0.25, -0.2) is 4.68 Å². The molecule has 0 radical (unpaired) electrons. The molecular weight excluding hydrogens is 388 g/mol. The first kappa shape index (κ1) is 18.9. The van der Waals surface area contributed by atoms with Crippen molar-refractivity contribution in [3.8, 4) is 5.69 Å². The van der Waals surface area contributed by atoms with Crippen molar-refractivity contribution in [2.75, 3.05) is 13.1 Å². The Kier molecular flexibility index (Phi) is 4.80. The fourth-order valence-corrected chi connectivity index (χ4v) is 4.17. The van der Waals surface area contributed by atoms with E-state index in [4.69, 9.17) is 4.74 Å². The molecule has 2 atom stereocenters. The minimum absolute atomic E-state index is 0.191. The zero-order valence-corrected chi connectivity index (χ0v) is 16.3. The maximum atomic E-state index is 12.8. The summed E-state index contributed by atoms with van der Waals surface area (Å²) in [5.41, 5.74) is 2.92. The molecule has 2 N–H and O–H groups in total. The number of imide groups is 1. The van der Waals surface area contributed by atoms with Crippen LogP contribution < -0.4 is 10.6 Å². The molecule has 0 aliphatic carbocycles. The molecule has 3 aliphatic rings. The lowest BCUT2D eigenvalue weighted by Gasteiger charge is -2.29. The van der Waals surface area contributed by atoms with Crippen LogP contribution in [-0.4, -0.2) is 62.9 Å². The molecule has 5 rings (SSSR count). The van der Waals surface area contributed by atoms with Gasteiger partial charge < -0.3 is 15.0 Å². The predicted octanol–water partition coefficient (Wildman–Crippen LogP) is -0.0932. The molecule has 1 aromatic heterocycles. The number of carbonyl (C=O) groups is 3. The van der Waals surface area contributed by atoms with Crippen molar-refractivity contribution < 1.29 is 19.1 Å². The number of amides is 3. The van der Waals surface area contributed by atoms with Crippen molar-refractivity contribution in [3.05, 3.63) is 41.2 Å². The molecule has 4 heterocycles. The predicted molar refractivity (Wildman–Crippen MR) is 103 cm³/mol. The third-order valence-electron chi connectivity index (χ3n) is 5.79. The van der Waals surface area contributed by atoms with Crippen LogP contribution in [0, 0.1) is 0 Å². The van der Waals surface area contributed by atoms with Crippen LogP contribution in [0.5, 0.6) is 0 Å². The molecule has 10 heteroatoms. The van der Waals surface area contributed by atoms with Crippen LogP contribution in [0.3, 0.4) is 0 Å². The van der Waals surface area contributed by atoms with Crippen molar-refractivity contribution in [1.29, 1.82) is 0 Å². The van der Waals surface area contributed by atoms with E-state index in [9.17, 15) is 14.4 Å². The Bertz CT molecular complexity index is 1010. The Balaban J connectivity index is 1.30. The van der Waals surface area contributed by atoms with E-state index in [0.717, 1.165) is 36.5 Å². The largest absolute Gasteiger partial charge is 0.370 e. The van der Waals surface area contributed by atoms with Crippen molar-refractivity contribution in [1.82, 2.24) is 30.5 Å². The second kappa shape index (κ2) is 7.62. The van der Waals surface area contributed by atoms with Gasteiger partial charge in [0.2, 0.25) is 11.8 Å². The lowest BCUT2D eigenvalue weighted by atomic mass is 10.0. The Labute approximate surface area is 172 Å². The van der Waals surface area contributed by atoms with Gasteiger partial charge in [-0.05, 0) is 43.1 Å². The second-order valence-electron chi connectivity index (χ2n) is 7.82. The molecule has 156 valence electrons. The maximum Gasteiger partial charge on any atom is 0.255 e. The molecule has 1 unspecified atom stereocenters. The standard InChI is InChI=1S/C20H22N6O4/c27-18-4-3-17(19(28)22-18)25-9-12-7-14(1-2-16(12)20(25)29)26-10-13(23-24-26)11-30-15-5-6-21-8-15/h1-2,7,10,15,17,21H,3-6,8-9,11H2,(H,22,27,28)/t15-,17?/m1/s1. The molecule has 30 heavy (non-hydrogen) atoms. The lowest BCUT2D eigenvalue weighted by Crippen LogP contribution is -2.52. The van der Waals surface area contributed by atoms with E-state index in [0.29, 0.717) is 25.1 Å². The third kappa shape index (κ3) is 3.48. The van der Waals surface area contributed by atoms with E-state index in [1.807, 2.05) is 18.3 Å². The molecule has 0 saturated carbocycles. The molecule has 10 nitrogen and oxygen atoms in total. The van der Waals surface area contributed by atoms with Gasteiger partial charge in [-0.3, -0.25) is 19.7 Å². The van der Waals surface area contributed by atoms with Crippen molar-refractivity contribution >= 4 is 17.7 Å². The van der Waals surface area contributed by atoms with Crippen LogP contribution in [0.15, 0.2) is 24.4 Å². The monoisotopic (exact) mass is 410 g/mol. The summed E-state index contributed by atoms with van der Waals surface area (Å²) in [6, 6.07) is 4.83. The molecule has 2 saturated heterocycles. The van der Waals surface area contributed by atoms with Gasteiger partial charge in [0.1, 0.15) is 11.7 Å². The number of ether oxygens (including phenoxy) is 1. The summed E-state index contributed by atoms with van der Waals surface area (Å²) in [5, 5.41) is 13.9. The number of carbonyl (C=O) groups excluding carboxylic acids is 3.